The summed E-state index contributed by atoms with van der Waals surface area (Å²) in [7, 11) is 1.40. The highest BCUT2D eigenvalue weighted by molar-refractivity contribution is 5.86. The molecule has 0 spiro atoms. The minimum absolute atomic E-state index is 0. The Morgan fingerprint density at radius 1 is 1.19 bits per heavy atom. The predicted molar refractivity (Wildman–Crippen MR) is 82.5 cm³/mol. The zero-order valence-corrected chi connectivity index (χ0v) is 13.7. The summed E-state index contributed by atoms with van der Waals surface area (Å²) in [6.07, 6.45) is 3.17. The fourth-order valence-corrected chi connectivity index (χ4v) is 2.94. The topological polar surface area (TPSA) is 61.9 Å². The molecule has 1 N–H and O–H groups in total. The Labute approximate surface area is 132 Å². The van der Waals surface area contributed by atoms with Crippen molar-refractivity contribution in [2.45, 2.75) is 31.7 Å². The summed E-state index contributed by atoms with van der Waals surface area (Å²) in [5.74, 6) is -0.0133. The van der Waals surface area contributed by atoms with Crippen molar-refractivity contribution in [2.75, 3.05) is 46.4 Å². The van der Waals surface area contributed by atoms with Gasteiger partial charge in [0.25, 0.3) is 0 Å². The molecule has 0 saturated carbocycles. The molecule has 0 aliphatic carbocycles. The van der Waals surface area contributed by atoms with E-state index in [4.69, 9.17) is 0 Å². The van der Waals surface area contributed by atoms with Crippen molar-refractivity contribution in [3.05, 3.63) is 0 Å². The molecule has 2 fully saturated rings. The Bertz CT molecular complexity index is 364. The largest absolute Gasteiger partial charge is 0.468 e. The molecule has 1 unspecified atom stereocenters. The molecule has 2 rings (SSSR count). The van der Waals surface area contributed by atoms with Crippen molar-refractivity contribution >= 4 is 24.3 Å². The number of nitrogens with one attached hydrogen (secondary N) is 1. The van der Waals surface area contributed by atoms with Gasteiger partial charge in [-0.05, 0) is 32.7 Å². The van der Waals surface area contributed by atoms with Gasteiger partial charge >= 0.3 is 5.97 Å². The van der Waals surface area contributed by atoms with Gasteiger partial charge in [-0.15, -0.1) is 12.4 Å². The van der Waals surface area contributed by atoms with Crippen LogP contribution in [0.3, 0.4) is 0 Å². The molecule has 122 valence electrons. The molecule has 6 nitrogen and oxygen atoms in total. The van der Waals surface area contributed by atoms with E-state index < -0.39 is 5.54 Å². The van der Waals surface area contributed by atoms with Gasteiger partial charge in [-0.2, -0.15) is 0 Å². The van der Waals surface area contributed by atoms with Crippen LogP contribution in [0.25, 0.3) is 0 Å². The second-order valence-corrected chi connectivity index (χ2v) is 5.86. The van der Waals surface area contributed by atoms with E-state index in [2.05, 4.69) is 10.1 Å². The number of methoxy groups -OCH3 is 1. The number of hydrogen-bond acceptors (Lipinski definition) is 5. The van der Waals surface area contributed by atoms with Crippen LogP contribution >= 0.6 is 12.4 Å². The third kappa shape index (κ3) is 4.56. The lowest BCUT2D eigenvalue weighted by molar-refractivity contribution is -0.144. The van der Waals surface area contributed by atoms with Gasteiger partial charge < -0.3 is 15.0 Å². The maximum absolute atomic E-state index is 12.6. The van der Waals surface area contributed by atoms with Gasteiger partial charge in [0.2, 0.25) is 5.91 Å². The Morgan fingerprint density at radius 3 is 2.38 bits per heavy atom. The monoisotopic (exact) mass is 319 g/mol. The van der Waals surface area contributed by atoms with E-state index in [-0.39, 0.29) is 24.3 Å². The lowest BCUT2D eigenvalue weighted by atomic mass is 9.89. The number of carbonyl (C=O) groups excluding carboxylic acids is 2. The molecule has 0 aromatic carbocycles. The van der Waals surface area contributed by atoms with Crippen molar-refractivity contribution in [1.29, 1.82) is 0 Å². The number of esters is 1. The second-order valence-electron chi connectivity index (χ2n) is 5.86. The van der Waals surface area contributed by atoms with Crippen LogP contribution in [0.15, 0.2) is 0 Å². The maximum Gasteiger partial charge on any atom is 0.319 e. The van der Waals surface area contributed by atoms with Crippen LogP contribution in [0, 0.1) is 0 Å². The van der Waals surface area contributed by atoms with E-state index in [0.717, 1.165) is 38.9 Å². The number of piperidine rings is 1. The van der Waals surface area contributed by atoms with Crippen LogP contribution in [-0.4, -0.2) is 73.6 Å². The van der Waals surface area contributed by atoms with Gasteiger partial charge in [-0.25, -0.2) is 0 Å². The first-order chi connectivity index (χ1) is 9.55. The van der Waals surface area contributed by atoms with Gasteiger partial charge in [0.05, 0.1) is 19.2 Å². The van der Waals surface area contributed by atoms with Crippen molar-refractivity contribution in [3.63, 3.8) is 0 Å². The number of rotatable bonds is 3. The third-order valence-corrected chi connectivity index (χ3v) is 4.33. The number of hydrogen-bond donors (Lipinski definition) is 1. The molecule has 2 aliphatic heterocycles. The minimum atomic E-state index is -0.400. The standard InChI is InChI=1S/C14H25N3O3.ClH/c1-14(5-3-4-6-15-14)13(19)17-9-7-16(8-10-17)11-12(18)20-2;/h15H,3-11H2,1-2H3;1H. The normalized spacial score (nSPS) is 26.9. The Kier molecular flexibility index (Phi) is 6.90. The van der Waals surface area contributed by atoms with Crippen LogP contribution in [0.5, 0.6) is 0 Å². The van der Waals surface area contributed by atoms with Crippen LogP contribution in [0.2, 0.25) is 0 Å². The second kappa shape index (κ2) is 7.96. The Morgan fingerprint density at radius 2 is 1.86 bits per heavy atom. The number of ether oxygens (including phenoxy) is 1. The van der Waals surface area contributed by atoms with Gasteiger partial charge in [0.15, 0.2) is 0 Å². The lowest BCUT2D eigenvalue weighted by Gasteiger charge is -2.41. The van der Waals surface area contributed by atoms with Gasteiger partial charge in [-0.1, -0.05) is 0 Å². The van der Waals surface area contributed by atoms with E-state index in [1.807, 2.05) is 16.7 Å². The molecule has 2 aliphatic rings. The van der Waals surface area contributed by atoms with Gasteiger partial charge in [-0.3, -0.25) is 14.5 Å². The summed E-state index contributed by atoms with van der Waals surface area (Å²) in [5.41, 5.74) is -0.400. The average molecular weight is 320 g/mol. The molecule has 0 aromatic rings. The number of piperazine rings is 1. The van der Waals surface area contributed by atoms with Crippen molar-refractivity contribution in [2.24, 2.45) is 0 Å². The minimum Gasteiger partial charge on any atom is -0.468 e. The maximum atomic E-state index is 12.6. The summed E-state index contributed by atoms with van der Waals surface area (Å²) in [5, 5.41) is 3.37. The van der Waals surface area contributed by atoms with Crippen molar-refractivity contribution in [1.82, 2.24) is 15.1 Å². The summed E-state index contributed by atoms with van der Waals surface area (Å²) in [6.45, 7) is 6.09. The Hall–Kier alpha value is -0.850. The number of amides is 1. The Balaban J connectivity index is 0.00000220. The zero-order valence-electron chi connectivity index (χ0n) is 12.9. The van der Waals surface area contributed by atoms with E-state index in [0.29, 0.717) is 19.6 Å². The smallest absolute Gasteiger partial charge is 0.319 e. The van der Waals surface area contributed by atoms with Crippen molar-refractivity contribution in [3.8, 4) is 0 Å². The first-order valence-electron chi connectivity index (χ1n) is 7.39. The summed E-state index contributed by atoms with van der Waals surface area (Å²) in [4.78, 5) is 27.8. The number of nitrogens with zero attached hydrogens (tertiary/aromatic N) is 2. The highest BCUT2D eigenvalue weighted by atomic mass is 35.5. The van der Waals surface area contributed by atoms with Gasteiger partial charge in [0, 0.05) is 26.2 Å². The molecule has 21 heavy (non-hydrogen) atoms. The van der Waals surface area contributed by atoms with Crippen LogP contribution in [0.1, 0.15) is 26.2 Å². The molecule has 2 saturated heterocycles. The van der Waals surface area contributed by atoms with E-state index in [1.54, 1.807) is 0 Å². The van der Waals surface area contributed by atoms with E-state index >= 15 is 0 Å². The first kappa shape index (κ1) is 18.2. The molecule has 0 radical (unpaired) electrons. The third-order valence-electron chi connectivity index (χ3n) is 4.33. The lowest BCUT2D eigenvalue weighted by Crippen LogP contribution is -2.61. The molecule has 2 heterocycles. The van der Waals surface area contributed by atoms with Crippen LogP contribution < -0.4 is 5.32 Å². The molecule has 1 atom stereocenters. The van der Waals surface area contributed by atoms with E-state index in [1.165, 1.54) is 7.11 Å². The highest BCUT2D eigenvalue weighted by Crippen LogP contribution is 2.22. The number of carbonyl (C=O) groups is 2. The molecule has 0 bridgehead atoms. The molecular weight excluding hydrogens is 294 g/mol. The van der Waals surface area contributed by atoms with Crippen LogP contribution in [-0.2, 0) is 14.3 Å². The fraction of sp³-hybridized carbons (Fsp3) is 0.857. The summed E-state index contributed by atoms with van der Waals surface area (Å²) < 4.78 is 4.67. The quantitative estimate of drug-likeness (QED) is 0.756. The summed E-state index contributed by atoms with van der Waals surface area (Å²) >= 11 is 0. The predicted octanol–water partition coefficient (Wildman–Crippen LogP) is 0.258. The molecule has 0 aromatic heterocycles. The summed E-state index contributed by atoms with van der Waals surface area (Å²) in [6, 6.07) is 0. The van der Waals surface area contributed by atoms with E-state index in [9.17, 15) is 9.59 Å². The van der Waals surface area contributed by atoms with Gasteiger partial charge in [0.1, 0.15) is 0 Å². The first-order valence-corrected chi connectivity index (χ1v) is 7.39. The molecule has 7 heteroatoms. The van der Waals surface area contributed by atoms with Crippen LogP contribution in [0.4, 0.5) is 0 Å². The van der Waals surface area contributed by atoms with Crippen molar-refractivity contribution < 1.29 is 14.3 Å². The fourth-order valence-electron chi connectivity index (χ4n) is 2.94. The zero-order chi connectivity index (χ0) is 14.6. The molecule has 1 amide bonds. The number of halogens is 1. The average Bonchev–Trinajstić information content (AvgIpc) is 2.48. The molecular formula is C14H26ClN3O3. The highest BCUT2D eigenvalue weighted by Gasteiger charge is 2.38. The SMILES string of the molecule is COC(=O)CN1CCN(C(=O)C2(C)CCCCN2)CC1.Cl.